The Morgan fingerprint density at radius 2 is 2.15 bits per heavy atom. The lowest BCUT2D eigenvalue weighted by Gasteiger charge is -2.30. The van der Waals surface area contributed by atoms with Crippen molar-refractivity contribution in [2.24, 2.45) is 5.73 Å². The van der Waals surface area contributed by atoms with E-state index in [4.69, 9.17) is 5.73 Å². The van der Waals surface area contributed by atoms with Gasteiger partial charge in [0.1, 0.15) is 0 Å². The first kappa shape index (κ1) is 22.5. The summed E-state index contributed by atoms with van der Waals surface area (Å²) in [5.74, 6) is -0.151. The molecule has 2 aromatic carbocycles. The summed E-state index contributed by atoms with van der Waals surface area (Å²) in [6.45, 7) is 4.68. The van der Waals surface area contributed by atoms with E-state index in [1.54, 1.807) is 11.8 Å². The summed E-state index contributed by atoms with van der Waals surface area (Å²) < 4.78 is 1.99. The smallest absolute Gasteiger partial charge is 0.255 e. The number of rotatable bonds is 6. The van der Waals surface area contributed by atoms with Crippen LogP contribution in [0.25, 0.3) is 16.9 Å². The average molecular weight is 473 g/mol. The van der Waals surface area contributed by atoms with Crippen molar-refractivity contribution in [2.75, 3.05) is 18.4 Å². The number of nitrogens with one attached hydrogen (secondary N) is 1. The van der Waals surface area contributed by atoms with Crippen LogP contribution in [0.3, 0.4) is 0 Å². The third-order valence-corrected chi connectivity index (χ3v) is 6.63. The number of aromatic nitrogens is 3. The molecule has 3 heterocycles. The molecule has 1 atom stereocenters. The SMILES string of the molecule is Cc1cn(-c2cc(CN3CCC[C@H](N)C3)cc(NC(=O)c3cccc(-c4cscn4)c3)c2)cn1. The summed E-state index contributed by atoms with van der Waals surface area (Å²) in [6.07, 6.45) is 5.97. The number of carbonyl (C=O) groups is 1. The molecule has 5 rings (SSSR count). The molecule has 0 aliphatic carbocycles. The predicted octanol–water partition coefficient (Wildman–Crippen LogP) is 4.48. The monoisotopic (exact) mass is 472 g/mol. The molecule has 0 spiro atoms. The van der Waals surface area contributed by atoms with Crippen LogP contribution in [-0.4, -0.2) is 44.5 Å². The van der Waals surface area contributed by atoms with Crippen LogP contribution in [0.4, 0.5) is 5.69 Å². The van der Waals surface area contributed by atoms with Crippen molar-refractivity contribution in [3.05, 3.63) is 82.7 Å². The molecule has 1 amide bonds. The minimum Gasteiger partial charge on any atom is -0.327 e. The van der Waals surface area contributed by atoms with Gasteiger partial charge in [-0.25, -0.2) is 9.97 Å². The summed E-state index contributed by atoms with van der Waals surface area (Å²) >= 11 is 1.54. The van der Waals surface area contributed by atoms with Crippen LogP contribution in [0.2, 0.25) is 0 Å². The lowest BCUT2D eigenvalue weighted by molar-refractivity contribution is 0.102. The maximum Gasteiger partial charge on any atom is 0.255 e. The van der Waals surface area contributed by atoms with Crippen LogP contribution >= 0.6 is 11.3 Å². The van der Waals surface area contributed by atoms with E-state index in [0.29, 0.717) is 5.56 Å². The van der Waals surface area contributed by atoms with Gasteiger partial charge in [0.2, 0.25) is 0 Å². The van der Waals surface area contributed by atoms with Gasteiger partial charge in [-0.15, -0.1) is 11.3 Å². The standard InChI is InChI=1S/C26H28N6OS/c1-18-12-32(16-28-18)24-9-19(13-31-7-3-6-22(27)14-31)8-23(11-24)30-26(33)21-5-2-4-20(10-21)25-15-34-17-29-25/h2,4-5,8-12,15-17,22H,3,6-7,13-14,27H2,1H3,(H,30,33)/t22-/m0/s1. The van der Waals surface area contributed by atoms with E-state index in [1.165, 1.54) is 11.3 Å². The van der Waals surface area contributed by atoms with Crippen molar-refractivity contribution in [3.8, 4) is 16.9 Å². The topological polar surface area (TPSA) is 89.1 Å². The molecule has 34 heavy (non-hydrogen) atoms. The van der Waals surface area contributed by atoms with Gasteiger partial charge in [-0.05, 0) is 62.2 Å². The zero-order valence-corrected chi connectivity index (χ0v) is 20.0. The molecule has 3 N–H and O–H groups in total. The van der Waals surface area contributed by atoms with Gasteiger partial charge in [0.25, 0.3) is 5.91 Å². The normalized spacial score (nSPS) is 16.5. The van der Waals surface area contributed by atoms with Gasteiger partial charge in [0, 0.05) is 53.2 Å². The van der Waals surface area contributed by atoms with Gasteiger partial charge in [0.05, 0.1) is 23.2 Å². The molecule has 1 aliphatic rings. The molecular formula is C26H28N6OS. The third-order valence-electron chi connectivity index (χ3n) is 6.05. The number of nitrogens with two attached hydrogens (primary N) is 1. The Balaban J connectivity index is 1.42. The first-order valence-corrected chi connectivity index (χ1v) is 12.4. The molecule has 1 aliphatic heterocycles. The number of piperidine rings is 1. The van der Waals surface area contributed by atoms with E-state index < -0.39 is 0 Å². The largest absolute Gasteiger partial charge is 0.327 e. The Morgan fingerprint density at radius 3 is 2.91 bits per heavy atom. The van der Waals surface area contributed by atoms with Crippen LogP contribution in [0.5, 0.6) is 0 Å². The number of amides is 1. The van der Waals surface area contributed by atoms with Crippen LogP contribution in [0, 0.1) is 6.92 Å². The highest BCUT2D eigenvalue weighted by Gasteiger charge is 2.18. The summed E-state index contributed by atoms with van der Waals surface area (Å²) in [4.78, 5) is 24.3. The summed E-state index contributed by atoms with van der Waals surface area (Å²) in [7, 11) is 0. The highest BCUT2D eigenvalue weighted by molar-refractivity contribution is 7.07. The summed E-state index contributed by atoms with van der Waals surface area (Å²) in [5.41, 5.74) is 14.2. The van der Waals surface area contributed by atoms with Gasteiger partial charge in [0.15, 0.2) is 0 Å². The highest BCUT2D eigenvalue weighted by Crippen LogP contribution is 2.24. The molecule has 0 saturated carbocycles. The van der Waals surface area contributed by atoms with E-state index in [1.807, 2.05) is 53.4 Å². The second-order valence-corrected chi connectivity index (χ2v) is 9.58. The molecule has 1 saturated heterocycles. The van der Waals surface area contributed by atoms with E-state index in [9.17, 15) is 4.79 Å². The fourth-order valence-electron chi connectivity index (χ4n) is 4.42. The number of nitrogens with zero attached hydrogens (tertiary/aromatic N) is 4. The van der Waals surface area contributed by atoms with Crippen LogP contribution < -0.4 is 11.1 Å². The second kappa shape index (κ2) is 9.89. The molecule has 174 valence electrons. The average Bonchev–Trinajstić information content (AvgIpc) is 3.51. The predicted molar refractivity (Wildman–Crippen MR) is 136 cm³/mol. The van der Waals surface area contributed by atoms with Crippen molar-refractivity contribution in [3.63, 3.8) is 0 Å². The molecule has 0 unspecified atom stereocenters. The van der Waals surface area contributed by atoms with E-state index in [0.717, 1.165) is 66.4 Å². The second-order valence-electron chi connectivity index (χ2n) is 8.86. The zero-order chi connectivity index (χ0) is 23.5. The lowest BCUT2D eigenvalue weighted by Crippen LogP contribution is -2.42. The number of benzene rings is 2. The van der Waals surface area contributed by atoms with Gasteiger partial charge in [-0.2, -0.15) is 0 Å². The van der Waals surface area contributed by atoms with Gasteiger partial charge in [-0.1, -0.05) is 12.1 Å². The Bertz CT molecular complexity index is 1280. The number of hydrogen-bond acceptors (Lipinski definition) is 6. The first-order valence-electron chi connectivity index (χ1n) is 11.5. The summed E-state index contributed by atoms with van der Waals surface area (Å²) in [6, 6.07) is 14.0. The van der Waals surface area contributed by atoms with Crippen molar-refractivity contribution < 1.29 is 4.79 Å². The molecular weight excluding hydrogens is 444 g/mol. The number of hydrogen-bond donors (Lipinski definition) is 2. The number of likely N-dealkylation sites (tertiary alicyclic amines) is 1. The molecule has 8 heteroatoms. The van der Waals surface area contributed by atoms with Crippen LogP contribution in [0.1, 0.15) is 34.5 Å². The highest BCUT2D eigenvalue weighted by atomic mass is 32.1. The Kier molecular flexibility index (Phi) is 6.53. The number of carbonyl (C=O) groups excluding carboxylic acids is 1. The fraction of sp³-hybridized carbons (Fsp3) is 0.269. The van der Waals surface area contributed by atoms with E-state index in [-0.39, 0.29) is 11.9 Å². The Morgan fingerprint density at radius 1 is 1.24 bits per heavy atom. The fourth-order valence-corrected chi connectivity index (χ4v) is 4.98. The van der Waals surface area contributed by atoms with Crippen molar-refractivity contribution >= 4 is 22.9 Å². The minimum atomic E-state index is -0.151. The van der Waals surface area contributed by atoms with Gasteiger partial charge >= 0.3 is 0 Å². The maximum atomic E-state index is 13.2. The molecule has 2 aromatic heterocycles. The van der Waals surface area contributed by atoms with Crippen LogP contribution in [0.15, 0.2) is 65.9 Å². The third kappa shape index (κ3) is 5.25. The van der Waals surface area contributed by atoms with E-state index in [2.05, 4.69) is 32.3 Å². The Labute approximate surface area is 203 Å². The molecule has 7 nitrogen and oxygen atoms in total. The number of imidazole rings is 1. The van der Waals surface area contributed by atoms with E-state index >= 15 is 0 Å². The molecule has 0 bridgehead atoms. The molecule has 1 fully saturated rings. The molecule has 4 aromatic rings. The Hall–Kier alpha value is -3.33. The first-order chi connectivity index (χ1) is 16.5. The maximum absolute atomic E-state index is 13.2. The van der Waals surface area contributed by atoms with Gasteiger partial charge in [-0.3, -0.25) is 9.69 Å². The van der Waals surface area contributed by atoms with Crippen LogP contribution in [-0.2, 0) is 6.54 Å². The summed E-state index contributed by atoms with van der Waals surface area (Å²) in [5, 5.41) is 5.08. The van der Waals surface area contributed by atoms with Crippen molar-refractivity contribution in [1.82, 2.24) is 19.4 Å². The quantitative estimate of drug-likeness (QED) is 0.432. The van der Waals surface area contributed by atoms with Crippen molar-refractivity contribution in [1.29, 1.82) is 0 Å². The number of aryl methyl sites for hydroxylation is 1. The zero-order valence-electron chi connectivity index (χ0n) is 19.1. The number of thiazole rings is 1. The molecule has 0 radical (unpaired) electrons. The van der Waals surface area contributed by atoms with Crippen molar-refractivity contribution in [2.45, 2.75) is 32.4 Å². The minimum absolute atomic E-state index is 0.151. The number of anilines is 1. The lowest BCUT2D eigenvalue weighted by atomic mass is 10.0. The van der Waals surface area contributed by atoms with Gasteiger partial charge < -0.3 is 15.6 Å².